The SMILES string of the molecule is CC(C)N(C(=O)c1ccc(C(=C2CCN(Cc3nccs3)CC2)c2cccc(N)c2)cc1)C(C)C. The minimum Gasteiger partial charge on any atom is -0.399 e. The first kappa shape index (κ1) is 25.1. The van der Waals surface area contributed by atoms with E-state index in [0.29, 0.717) is 0 Å². The van der Waals surface area contributed by atoms with Crippen LogP contribution in [-0.4, -0.2) is 45.9 Å². The number of benzene rings is 2. The third-order valence-electron chi connectivity index (χ3n) is 6.60. The maximum atomic E-state index is 13.2. The Hall–Kier alpha value is -2.96. The molecular formula is C29H36N4OS. The van der Waals surface area contributed by atoms with Gasteiger partial charge in [0.05, 0.1) is 6.54 Å². The summed E-state index contributed by atoms with van der Waals surface area (Å²) in [5.74, 6) is 0.0789. The van der Waals surface area contributed by atoms with Gasteiger partial charge in [-0.15, -0.1) is 11.3 Å². The number of anilines is 1. The van der Waals surface area contributed by atoms with E-state index in [9.17, 15) is 4.79 Å². The molecule has 0 bridgehead atoms. The lowest BCUT2D eigenvalue weighted by Crippen LogP contribution is -2.42. The van der Waals surface area contributed by atoms with Crippen molar-refractivity contribution in [2.45, 2.75) is 59.2 Å². The number of nitrogens with zero attached hydrogens (tertiary/aromatic N) is 3. The van der Waals surface area contributed by atoms with Crippen molar-refractivity contribution in [3.8, 4) is 0 Å². The summed E-state index contributed by atoms with van der Waals surface area (Å²) in [7, 11) is 0. The van der Waals surface area contributed by atoms with Crippen molar-refractivity contribution in [1.82, 2.24) is 14.8 Å². The summed E-state index contributed by atoms with van der Waals surface area (Å²) >= 11 is 1.72. The number of carbonyl (C=O) groups excluding carboxylic acids is 1. The van der Waals surface area contributed by atoms with E-state index in [-0.39, 0.29) is 18.0 Å². The summed E-state index contributed by atoms with van der Waals surface area (Å²) in [6, 6.07) is 16.6. The number of piperidine rings is 1. The molecule has 1 aliphatic heterocycles. The van der Waals surface area contributed by atoms with Crippen LogP contribution in [0.15, 0.2) is 65.7 Å². The van der Waals surface area contributed by atoms with E-state index in [4.69, 9.17) is 5.73 Å². The van der Waals surface area contributed by atoms with E-state index in [1.165, 1.54) is 16.2 Å². The quantitative estimate of drug-likeness (QED) is 0.409. The number of thiazole rings is 1. The molecule has 6 heteroatoms. The van der Waals surface area contributed by atoms with Crippen LogP contribution in [0.3, 0.4) is 0 Å². The second-order valence-electron chi connectivity index (χ2n) is 9.78. The number of carbonyl (C=O) groups is 1. The smallest absolute Gasteiger partial charge is 0.254 e. The van der Waals surface area contributed by atoms with Crippen LogP contribution in [0.5, 0.6) is 0 Å². The first-order chi connectivity index (χ1) is 16.8. The fourth-order valence-corrected chi connectivity index (χ4v) is 5.67. The number of nitrogens with two attached hydrogens (primary N) is 1. The van der Waals surface area contributed by atoms with Crippen molar-refractivity contribution in [3.05, 3.63) is 87.4 Å². The second kappa shape index (κ2) is 11.2. The average Bonchev–Trinajstić information content (AvgIpc) is 3.33. The van der Waals surface area contributed by atoms with Gasteiger partial charge in [-0.2, -0.15) is 0 Å². The zero-order valence-electron chi connectivity index (χ0n) is 21.2. The molecule has 184 valence electrons. The van der Waals surface area contributed by atoms with Gasteiger partial charge in [0.15, 0.2) is 0 Å². The monoisotopic (exact) mass is 488 g/mol. The Kier molecular flexibility index (Phi) is 8.04. The zero-order chi connectivity index (χ0) is 24.9. The van der Waals surface area contributed by atoms with Crippen molar-refractivity contribution in [1.29, 1.82) is 0 Å². The maximum Gasteiger partial charge on any atom is 0.254 e. The van der Waals surface area contributed by atoms with Crippen LogP contribution in [0.25, 0.3) is 5.57 Å². The number of hydrogen-bond donors (Lipinski definition) is 1. The van der Waals surface area contributed by atoms with Gasteiger partial charge in [-0.1, -0.05) is 29.8 Å². The highest BCUT2D eigenvalue weighted by Crippen LogP contribution is 2.34. The Bertz CT molecular complexity index is 1150. The molecule has 1 aliphatic rings. The fourth-order valence-electron chi connectivity index (χ4n) is 5.02. The normalized spacial score (nSPS) is 14.5. The second-order valence-corrected chi connectivity index (χ2v) is 10.8. The fraction of sp³-hybridized carbons (Fsp3) is 0.379. The van der Waals surface area contributed by atoms with Crippen LogP contribution in [0, 0.1) is 0 Å². The van der Waals surface area contributed by atoms with Crippen LogP contribution in [0.2, 0.25) is 0 Å². The zero-order valence-corrected chi connectivity index (χ0v) is 22.0. The summed E-state index contributed by atoms with van der Waals surface area (Å²) in [4.78, 5) is 22.0. The van der Waals surface area contributed by atoms with Crippen molar-refractivity contribution < 1.29 is 4.79 Å². The van der Waals surface area contributed by atoms with Gasteiger partial charge in [0, 0.05) is 48.0 Å². The molecule has 35 heavy (non-hydrogen) atoms. The minimum absolute atomic E-state index is 0.0789. The van der Waals surface area contributed by atoms with Gasteiger partial charge in [-0.3, -0.25) is 9.69 Å². The maximum absolute atomic E-state index is 13.2. The summed E-state index contributed by atoms with van der Waals surface area (Å²) < 4.78 is 0. The number of hydrogen-bond acceptors (Lipinski definition) is 5. The molecule has 0 radical (unpaired) electrons. The highest BCUT2D eigenvalue weighted by molar-refractivity contribution is 7.09. The number of rotatable bonds is 7. The third kappa shape index (κ3) is 6.00. The number of likely N-dealkylation sites (tertiary alicyclic amines) is 1. The van der Waals surface area contributed by atoms with Crippen molar-refractivity contribution in [2.24, 2.45) is 0 Å². The van der Waals surface area contributed by atoms with Gasteiger partial charge in [0.2, 0.25) is 0 Å². The predicted molar refractivity (Wildman–Crippen MR) is 146 cm³/mol. The lowest BCUT2D eigenvalue weighted by Gasteiger charge is -2.31. The van der Waals surface area contributed by atoms with Crippen LogP contribution in [-0.2, 0) is 6.54 Å². The standard InChI is InChI=1S/C29H36N4OS/c1-20(2)33(21(3)4)29(34)24-10-8-22(9-11-24)28(25-6-5-7-26(30)18-25)23-12-15-32(16-13-23)19-27-31-14-17-35-27/h5-11,14,17-18,20-21H,12-13,15-16,19,30H2,1-4H3. The molecule has 1 saturated heterocycles. The molecule has 0 atom stereocenters. The Balaban J connectivity index is 1.62. The Morgan fingerprint density at radius 2 is 1.66 bits per heavy atom. The first-order valence-corrected chi connectivity index (χ1v) is 13.3. The molecule has 5 nitrogen and oxygen atoms in total. The van der Waals surface area contributed by atoms with Crippen LogP contribution >= 0.6 is 11.3 Å². The van der Waals surface area contributed by atoms with Crippen molar-refractivity contribution >= 4 is 28.5 Å². The Morgan fingerprint density at radius 3 is 2.23 bits per heavy atom. The molecule has 2 aromatic carbocycles. The van der Waals surface area contributed by atoms with Crippen LogP contribution in [0.1, 0.15) is 67.0 Å². The van der Waals surface area contributed by atoms with E-state index in [1.807, 2.05) is 40.7 Å². The molecule has 4 rings (SSSR count). The Labute approximate surface area is 213 Å². The van der Waals surface area contributed by atoms with Gasteiger partial charge in [-0.25, -0.2) is 4.98 Å². The topological polar surface area (TPSA) is 62.5 Å². The van der Waals surface area contributed by atoms with E-state index in [0.717, 1.165) is 54.9 Å². The van der Waals surface area contributed by atoms with E-state index in [2.05, 4.69) is 61.8 Å². The van der Waals surface area contributed by atoms with Gasteiger partial charge in [0.25, 0.3) is 5.91 Å². The Morgan fingerprint density at radius 1 is 1.00 bits per heavy atom. The summed E-state index contributed by atoms with van der Waals surface area (Å²) in [5.41, 5.74) is 12.6. The number of amides is 1. The molecule has 0 aliphatic carbocycles. The highest BCUT2D eigenvalue weighted by Gasteiger charge is 2.23. The van der Waals surface area contributed by atoms with Crippen LogP contribution < -0.4 is 5.73 Å². The molecule has 0 unspecified atom stereocenters. The van der Waals surface area contributed by atoms with Crippen molar-refractivity contribution in [2.75, 3.05) is 18.8 Å². The summed E-state index contributed by atoms with van der Waals surface area (Å²) in [6.45, 7) is 11.2. The van der Waals surface area contributed by atoms with Crippen LogP contribution in [0.4, 0.5) is 5.69 Å². The minimum atomic E-state index is 0.0789. The van der Waals surface area contributed by atoms with Gasteiger partial charge in [0.1, 0.15) is 5.01 Å². The molecule has 2 N–H and O–H groups in total. The van der Waals surface area contributed by atoms with Gasteiger partial charge < -0.3 is 10.6 Å². The lowest BCUT2D eigenvalue weighted by molar-refractivity contribution is 0.0643. The molecular weight excluding hydrogens is 452 g/mol. The molecule has 1 aromatic heterocycles. The van der Waals surface area contributed by atoms with E-state index in [1.54, 1.807) is 11.3 Å². The molecule has 3 aromatic rings. The highest BCUT2D eigenvalue weighted by atomic mass is 32.1. The first-order valence-electron chi connectivity index (χ1n) is 12.4. The molecule has 1 amide bonds. The average molecular weight is 489 g/mol. The number of aromatic nitrogens is 1. The third-order valence-corrected chi connectivity index (χ3v) is 7.36. The van der Waals surface area contributed by atoms with Crippen molar-refractivity contribution in [3.63, 3.8) is 0 Å². The van der Waals surface area contributed by atoms with E-state index >= 15 is 0 Å². The summed E-state index contributed by atoms with van der Waals surface area (Å²) in [6.07, 6.45) is 3.89. The lowest BCUT2D eigenvalue weighted by atomic mass is 9.88. The largest absolute Gasteiger partial charge is 0.399 e. The molecule has 2 heterocycles. The summed E-state index contributed by atoms with van der Waals surface area (Å²) in [5, 5.41) is 3.21. The van der Waals surface area contributed by atoms with Gasteiger partial charge >= 0.3 is 0 Å². The molecule has 0 saturated carbocycles. The molecule has 1 fully saturated rings. The van der Waals surface area contributed by atoms with Gasteiger partial charge in [-0.05, 0) is 81.5 Å². The molecule has 0 spiro atoms. The van der Waals surface area contributed by atoms with E-state index < -0.39 is 0 Å². The number of nitrogen functional groups attached to an aromatic ring is 1. The predicted octanol–water partition coefficient (Wildman–Crippen LogP) is 6.08.